The van der Waals surface area contributed by atoms with Crippen molar-refractivity contribution in [2.24, 2.45) is 5.92 Å². The molecule has 13 nitrogen and oxygen atoms in total. The van der Waals surface area contributed by atoms with Crippen LogP contribution in [-0.4, -0.2) is 89.3 Å². The second-order valence-corrected chi connectivity index (χ2v) is 15.9. The number of nitrogens with zero attached hydrogens (tertiary/aromatic N) is 2. The van der Waals surface area contributed by atoms with Gasteiger partial charge < -0.3 is 34.3 Å². The smallest absolute Gasteiger partial charge is 0.421 e. The van der Waals surface area contributed by atoms with Crippen molar-refractivity contribution >= 4 is 29.6 Å². The number of aliphatic hydroxyl groups excluding tert-OH is 1. The number of ether oxygens (including phenoxy) is 4. The number of anilines is 1. The Morgan fingerprint density at radius 3 is 2.18 bits per heavy atom. The summed E-state index contributed by atoms with van der Waals surface area (Å²) in [6, 6.07) is 26.2. The predicted octanol–water partition coefficient (Wildman–Crippen LogP) is 6.03. The molecule has 2 amide bonds. The van der Waals surface area contributed by atoms with Crippen LogP contribution in [0.2, 0.25) is 0 Å². The van der Waals surface area contributed by atoms with Crippen molar-refractivity contribution in [3.05, 3.63) is 131 Å². The molecule has 316 valence electrons. The molecule has 1 saturated carbocycles. The number of carbonyl (C=O) groups excluding carboxylic acids is 3. The van der Waals surface area contributed by atoms with Gasteiger partial charge in [-0.15, -0.1) is 0 Å². The van der Waals surface area contributed by atoms with E-state index in [0.717, 1.165) is 30.6 Å². The second kappa shape index (κ2) is 17.5. The molecule has 0 bridgehead atoms. The minimum Gasteiger partial charge on any atom is -0.491 e. The van der Waals surface area contributed by atoms with Gasteiger partial charge in [0, 0.05) is 12.7 Å². The van der Waals surface area contributed by atoms with Crippen LogP contribution >= 0.6 is 0 Å². The molecule has 61 heavy (non-hydrogen) atoms. The van der Waals surface area contributed by atoms with Gasteiger partial charge in [-0.05, 0) is 78.3 Å². The van der Waals surface area contributed by atoms with Gasteiger partial charge in [-0.1, -0.05) is 97.5 Å². The Kier molecular flexibility index (Phi) is 12.0. The molecule has 4 aromatic carbocycles. The van der Waals surface area contributed by atoms with Crippen LogP contribution in [0.3, 0.4) is 0 Å². The number of hydrogen-bond acceptors (Lipinski definition) is 11. The predicted molar refractivity (Wildman–Crippen MR) is 221 cm³/mol. The lowest BCUT2D eigenvalue weighted by molar-refractivity contribution is -0.179. The number of aliphatic hydroxyl groups is 2. The van der Waals surface area contributed by atoms with Gasteiger partial charge >= 0.3 is 18.0 Å². The Morgan fingerprint density at radius 2 is 1.51 bits per heavy atom. The van der Waals surface area contributed by atoms with Gasteiger partial charge in [0.2, 0.25) is 5.91 Å². The summed E-state index contributed by atoms with van der Waals surface area (Å²) in [6.45, 7) is -0.491. The number of carbonyl (C=O) groups is 4. The molecule has 2 saturated heterocycles. The lowest BCUT2D eigenvalue weighted by atomic mass is 9.65. The van der Waals surface area contributed by atoms with Crippen LogP contribution < -0.4 is 9.64 Å². The Balaban J connectivity index is 1.42. The van der Waals surface area contributed by atoms with E-state index < -0.39 is 65.1 Å². The molecule has 0 unspecified atom stereocenters. The van der Waals surface area contributed by atoms with Crippen LogP contribution in [0.1, 0.15) is 84.5 Å². The molecule has 3 aliphatic heterocycles. The number of amides is 2. The van der Waals surface area contributed by atoms with Gasteiger partial charge in [0.15, 0.2) is 0 Å². The van der Waals surface area contributed by atoms with Gasteiger partial charge in [-0.2, -0.15) is 0 Å². The zero-order valence-electron chi connectivity index (χ0n) is 33.8. The van der Waals surface area contributed by atoms with E-state index in [4.69, 9.17) is 18.9 Å². The largest absolute Gasteiger partial charge is 0.491 e. The fourth-order valence-electron chi connectivity index (χ4n) is 9.79. The highest BCUT2D eigenvalue weighted by molar-refractivity contribution is 6.23. The first-order chi connectivity index (χ1) is 29.6. The Morgan fingerprint density at radius 1 is 0.820 bits per heavy atom. The summed E-state index contributed by atoms with van der Waals surface area (Å²) in [6.07, 6.45) is 2.59. The summed E-state index contributed by atoms with van der Waals surface area (Å²) in [7, 11) is 1.44. The number of imide groups is 1. The van der Waals surface area contributed by atoms with E-state index in [2.05, 4.69) is 11.8 Å². The van der Waals surface area contributed by atoms with E-state index in [0.29, 0.717) is 40.8 Å². The van der Waals surface area contributed by atoms with Crippen LogP contribution in [0.4, 0.5) is 10.5 Å². The van der Waals surface area contributed by atoms with Crippen molar-refractivity contribution in [3.8, 4) is 17.6 Å². The van der Waals surface area contributed by atoms with E-state index >= 15 is 4.79 Å². The molecule has 8 rings (SSSR count). The molecule has 4 aromatic rings. The van der Waals surface area contributed by atoms with Crippen LogP contribution in [0.15, 0.2) is 103 Å². The number of carboxylic acids is 1. The molecule has 0 aromatic heterocycles. The molecule has 1 aliphatic carbocycles. The molecule has 13 heteroatoms. The maximum Gasteiger partial charge on any atom is 0.421 e. The van der Waals surface area contributed by atoms with Gasteiger partial charge in [-0.25, -0.2) is 9.69 Å². The first kappa shape index (κ1) is 41.7. The summed E-state index contributed by atoms with van der Waals surface area (Å²) in [5.41, 5.74) is -1.12. The van der Waals surface area contributed by atoms with Crippen molar-refractivity contribution in [3.63, 3.8) is 0 Å². The van der Waals surface area contributed by atoms with Crippen LogP contribution in [0.25, 0.3) is 0 Å². The fraction of sp³-hybridized carbons (Fsp3) is 0.375. The molecule has 6 atom stereocenters. The Bertz CT molecular complexity index is 2340. The number of aliphatic carboxylic acids is 1. The Hall–Kier alpha value is -6.04. The SMILES string of the molecule is COCCOC(=O)N1C(=O)[C@@]2(c3cc(C#CC4(O)CCCCCC4)ccc31)[C@H](C(=O)O)[C@H]1C(=O)O[C@H](c3ccccc3)[C@H](c3ccccc3)N1[C@@H]2c1cccc(OCCO)c1. The maximum absolute atomic E-state index is 15.9. The topological polar surface area (TPSA) is 172 Å². The molecule has 4 aliphatic rings. The number of fused-ring (bicyclic) bond motifs is 3. The zero-order valence-corrected chi connectivity index (χ0v) is 33.8. The third-order valence-electron chi connectivity index (χ3n) is 12.3. The van der Waals surface area contributed by atoms with Crippen molar-refractivity contribution in [1.29, 1.82) is 0 Å². The summed E-state index contributed by atoms with van der Waals surface area (Å²) in [5, 5.41) is 32.7. The van der Waals surface area contributed by atoms with Crippen LogP contribution in [0.5, 0.6) is 5.75 Å². The maximum atomic E-state index is 15.9. The zero-order chi connectivity index (χ0) is 42.7. The number of benzene rings is 4. The third kappa shape index (κ3) is 7.54. The van der Waals surface area contributed by atoms with Crippen molar-refractivity contribution < 1.29 is 53.4 Å². The number of esters is 1. The standard InChI is InChI=1S/C48H48N2O11/c1-58-27-28-60-46(56)49-37-20-19-31(21-24-47(57)22-10-2-3-11-23-47)29-36(37)48(45(49)55)38(43(52)53)40-44(54)61-41(33-15-8-5-9-16-33)39(32-13-6-4-7-14-32)50(40)42(48)34-17-12-18-35(30-34)59-26-25-51/h4-9,12-20,29-30,38-42,51,57H,2-3,10-11,22-23,25-28H2,1H3,(H,52,53)/t38-,39-,40-,41+,42+,48-/m0/s1. The van der Waals surface area contributed by atoms with Gasteiger partial charge in [-0.3, -0.25) is 19.3 Å². The molecule has 3 heterocycles. The monoisotopic (exact) mass is 828 g/mol. The van der Waals surface area contributed by atoms with Crippen LogP contribution in [0, 0.1) is 17.8 Å². The number of hydrogen-bond donors (Lipinski definition) is 3. The molecule has 1 spiro atoms. The van der Waals surface area contributed by atoms with Gasteiger partial charge in [0.1, 0.15) is 48.0 Å². The molecule has 3 N–H and O–H groups in total. The number of methoxy groups -OCH3 is 1. The highest BCUT2D eigenvalue weighted by Gasteiger charge is 2.76. The lowest BCUT2D eigenvalue weighted by Crippen LogP contribution is -2.53. The quantitative estimate of drug-likeness (QED) is 0.0735. The van der Waals surface area contributed by atoms with E-state index in [1.165, 1.54) is 13.2 Å². The molecular weight excluding hydrogens is 781 g/mol. The molecular formula is C48H48N2O11. The number of cyclic esters (lactones) is 1. The minimum atomic E-state index is -2.20. The van der Waals surface area contributed by atoms with E-state index in [1.54, 1.807) is 41.3 Å². The highest BCUT2D eigenvalue weighted by Crippen LogP contribution is 2.66. The molecule has 3 fully saturated rings. The lowest BCUT2D eigenvalue weighted by Gasteiger charge is -2.46. The van der Waals surface area contributed by atoms with E-state index in [-0.39, 0.29) is 37.7 Å². The van der Waals surface area contributed by atoms with E-state index in [9.17, 15) is 29.7 Å². The Labute approximate surface area is 353 Å². The third-order valence-corrected chi connectivity index (χ3v) is 12.3. The minimum absolute atomic E-state index is 0.0333. The summed E-state index contributed by atoms with van der Waals surface area (Å²) >= 11 is 0. The number of morpholine rings is 1. The highest BCUT2D eigenvalue weighted by atomic mass is 16.6. The average Bonchev–Trinajstić information content (AvgIpc) is 3.61. The van der Waals surface area contributed by atoms with Gasteiger partial charge in [0.05, 0.1) is 31.0 Å². The first-order valence-corrected chi connectivity index (χ1v) is 20.7. The summed E-state index contributed by atoms with van der Waals surface area (Å²) in [5.74, 6) is 1.47. The fourth-order valence-corrected chi connectivity index (χ4v) is 9.79. The van der Waals surface area contributed by atoms with E-state index in [1.807, 2.05) is 60.7 Å². The number of carboxylic acid groups (broad SMARTS) is 1. The summed E-state index contributed by atoms with van der Waals surface area (Å²) < 4.78 is 22.9. The second-order valence-electron chi connectivity index (χ2n) is 15.9. The normalized spacial score (nSPS) is 25.4. The van der Waals surface area contributed by atoms with Crippen molar-refractivity contribution in [1.82, 2.24) is 4.90 Å². The number of rotatable bonds is 10. The summed E-state index contributed by atoms with van der Waals surface area (Å²) in [4.78, 5) is 61.8. The van der Waals surface area contributed by atoms with Crippen molar-refractivity contribution in [2.75, 3.05) is 38.4 Å². The molecule has 0 radical (unpaired) electrons. The average molecular weight is 829 g/mol. The first-order valence-electron chi connectivity index (χ1n) is 20.7. The van der Waals surface area contributed by atoms with Gasteiger partial charge in [0.25, 0.3) is 0 Å². The van der Waals surface area contributed by atoms with Crippen LogP contribution in [-0.2, 0) is 34.0 Å². The van der Waals surface area contributed by atoms with Crippen molar-refractivity contribution in [2.45, 2.75) is 73.8 Å².